The van der Waals surface area contributed by atoms with Crippen LogP contribution in [0.5, 0.6) is 0 Å². The first-order chi connectivity index (χ1) is 5.71. The van der Waals surface area contributed by atoms with Gasteiger partial charge in [0.25, 0.3) is 0 Å². The van der Waals surface area contributed by atoms with Crippen molar-refractivity contribution in [1.82, 2.24) is 0 Å². The van der Waals surface area contributed by atoms with Gasteiger partial charge in [-0.05, 0) is 10.8 Å². The molecule has 1 nitrogen and oxygen atoms in total. The maximum absolute atomic E-state index is 4.26. The fourth-order valence-electron chi connectivity index (χ4n) is 2.38. The maximum Gasteiger partial charge on any atom is 0.0350 e. The van der Waals surface area contributed by atoms with Crippen LogP contribution in [0.2, 0.25) is 0 Å². The summed E-state index contributed by atoms with van der Waals surface area (Å²) in [6, 6.07) is 0. The van der Waals surface area contributed by atoms with E-state index >= 15 is 0 Å². The molecule has 0 N–H and O–H groups in total. The minimum Gasteiger partial charge on any atom is -0.268 e. The van der Waals surface area contributed by atoms with E-state index in [0.29, 0.717) is 0 Å². The SMILES string of the molecule is CC(C)(C)C1(C(C)(C)C)C=CN=C1. The predicted molar refractivity (Wildman–Crippen MR) is 59.0 cm³/mol. The van der Waals surface area contributed by atoms with Crippen molar-refractivity contribution in [1.29, 1.82) is 0 Å². The van der Waals surface area contributed by atoms with Crippen LogP contribution in [0.3, 0.4) is 0 Å². The zero-order valence-electron chi connectivity index (χ0n) is 9.68. The lowest BCUT2D eigenvalue weighted by Crippen LogP contribution is -2.45. The molecule has 0 aromatic heterocycles. The Hall–Kier alpha value is -0.590. The summed E-state index contributed by atoms with van der Waals surface area (Å²) < 4.78 is 0. The summed E-state index contributed by atoms with van der Waals surface area (Å²) in [6.07, 6.45) is 6.27. The second-order valence-electron chi connectivity index (χ2n) is 5.96. The molecule has 0 spiro atoms. The zero-order chi connectivity index (χ0) is 10.3. The van der Waals surface area contributed by atoms with Gasteiger partial charge in [0.15, 0.2) is 0 Å². The summed E-state index contributed by atoms with van der Waals surface area (Å²) in [7, 11) is 0. The normalized spacial score (nSPS) is 21.1. The number of hydrogen-bond donors (Lipinski definition) is 0. The molecule has 1 aliphatic heterocycles. The molecular weight excluding hydrogens is 158 g/mol. The molecule has 1 heteroatoms. The van der Waals surface area contributed by atoms with Crippen LogP contribution in [-0.2, 0) is 0 Å². The van der Waals surface area contributed by atoms with Gasteiger partial charge in [0.2, 0.25) is 0 Å². The van der Waals surface area contributed by atoms with Crippen molar-refractivity contribution < 1.29 is 0 Å². The van der Waals surface area contributed by atoms with Gasteiger partial charge in [0.05, 0.1) is 0 Å². The van der Waals surface area contributed by atoms with Crippen molar-refractivity contribution in [3.8, 4) is 0 Å². The molecule has 0 amide bonds. The van der Waals surface area contributed by atoms with Crippen molar-refractivity contribution in [3.63, 3.8) is 0 Å². The van der Waals surface area contributed by atoms with E-state index in [1.165, 1.54) is 0 Å². The van der Waals surface area contributed by atoms with E-state index in [1.54, 1.807) is 0 Å². The highest BCUT2D eigenvalue weighted by Gasteiger charge is 2.48. The Morgan fingerprint density at radius 1 is 0.923 bits per heavy atom. The lowest BCUT2D eigenvalue weighted by Gasteiger charge is -2.48. The first kappa shape index (κ1) is 10.5. The number of nitrogens with zero attached hydrogens (tertiary/aromatic N) is 1. The minimum atomic E-state index is 0.0972. The zero-order valence-corrected chi connectivity index (χ0v) is 9.68. The molecule has 1 aliphatic rings. The van der Waals surface area contributed by atoms with Crippen molar-refractivity contribution >= 4 is 6.21 Å². The minimum absolute atomic E-state index is 0.0972. The van der Waals surface area contributed by atoms with E-state index in [9.17, 15) is 0 Å². The number of hydrogen-bond acceptors (Lipinski definition) is 1. The Morgan fingerprint density at radius 3 is 1.54 bits per heavy atom. The Morgan fingerprint density at radius 2 is 1.38 bits per heavy atom. The molecule has 13 heavy (non-hydrogen) atoms. The second-order valence-corrected chi connectivity index (χ2v) is 5.96. The lowest BCUT2D eigenvalue weighted by molar-refractivity contribution is 0.0951. The van der Waals surface area contributed by atoms with E-state index in [1.807, 2.05) is 6.20 Å². The highest BCUT2D eigenvalue weighted by atomic mass is 14.8. The smallest absolute Gasteiger partial charge is 0.0350 e. The largest absolute Gasteiger partial charge is 0.268 e. The molecule has 0 atom stereocenters. The van der Waals surface area contributed by atoms with Crippen LogP contribution in [0, 0.1) is 16.2 Å². The molecule has 0 aromatic rings. The number of rotatable bonds is 0. The van der Waals surface area contributed by atoms with Crippen molar-refractivity contribution in [3.05, 3.63) is 12.3 Å². The van der Waals surface area contributed by atoms with Gasteiger partial charge < -0.3 is 0 Å². The third-order valence-electron chi connectivity index (χ3n) is 3.18. The molecule has 0 aromatic carbocycles. The fraction of sp³-hybridized carbons (Fsp3) is 0.750. The molecule has 0 bridgehead atoms. The van der Waals surface area contributed by atoms with Gasteiger partial charge in [-0.15, -0.1) is 0 Å². The van der Waals surface area contributed by atoms with E-state index in [4.69, 9.17) is 0 Å². The highest BCUT2D eigenvalue weighted by molar-refractivity contribution is 5.74. The van der Waals surface area contributed by atoms with Crippen molar-refractivity contribution in [2.24, 2.45) is 21.2 Å². The van der Waals surface area contributed by atoms with Crippen LogP contribution in [0.1, 0.15) is 41.5 Å². The topological polar surface area (TPSA) is 12.4 Å². The predicted octanol–water partition coefficient (Wildman–Crippen LogP) is 3.66. The molecule has 0 saturated carbocycles. The summed E-state index contributed by atoms with van der Waals surface area (Å²) in [5, 5.41) is 0. The van der Waals surface area contributed by atoms with Crippen LogP contribution in [0.25, 0.3) is 0 Å². The summed E-state index contributed by atoms with van der Waals surface area (Å²) in [5.41, 5.74) is 0.545. The van der Waals surface area contributed by atoms with E-state index in [-0.39, 0.29) is 16.2 Å². The molecular formula is C12H21N. The average molecular weight is 179 g/mol. The molecule has 0 unspecified atom stereocenters. The van der Waals surface area contributed by atoms with Crippen LogP contribution < -0.4 is 0 Å². The summed E-state index contributed by atoms with van der Waals surface area (Å²) >= 11 is 0. The second kappa shape index (κ2) is 2.70. The van der Waals surface area contributed by atoms with Gasteiger partial charge in [-0.25, -0.2) is 0 Å². The Bertz CT molecular complexity index is 217. The van der Waals surface area contributed by atoms with Gasteiger partial charge >= 0.3 is 0 Å². The summed E-state index contributed by atoms with van der Waals surface area (Å²) in [5.74, 6) is 0. The number of aliphatic imine (C=N–C) groups is 1. The first-order valence-electron chi connectivity index (χ1n) is 4.93. The average Bonchev–Trinajstić information content (AvgIpc) is 2.28. The van der Waals surface area contributed by atoms with E-state index in [2.05, 4.69) is 58.8 Å². The Balaban J connectivity index is 3.19. The van der Waals surface area contributed by atoms with Gasteiger partial charge in [-0.3, -0.25) is 4.99 Å². The fourth-order valence-corrected chi connectivity index (χ4v) is 2.38. The highest BCUT2D eigenvalue weighted by Crippen LogP contribution is 2.52. The lowest BCUT2D eigenvalue weighted by atomic mass is 9.55. The molecule has 1 rings (SSSR count). The summed E-state index contributed by atoms with van der Waals surface area (Å²) in [4.78, 5) is 4.26. The first-order valence-corrected chi connectivity index (χ1v) is 4.93. The summed E-state index contributed by atoms with van der Waals surface area (Å²) in [6.45, 7) is 13.7. The van der Waals surface area contributed by atoms with Crippen molar-refractivity contribution in [2.75, 3.05) is 0 Å². The molecule has 0 saturated heterocycles. The maximum atomic E-state index is 4.26. The van der Waals surface area contributed by atoms with Crippen LogP contribution >= 0.6 is 0 Å². The quantitative estimate of drug-likeness (QED) is 0.538. The van der Waals surface area contributed by atoms with Gasteiger partial charge in [-0.1, -0.05) is 47.6 Å². The van der Waals surface area contributed by atoms with Crippen molar-refractivity contribution in [2.45, 2.75) is 41.5 Å². The molecule has 1 heterocycles. The Kier molecular flexibility index (Phi) is 2.18. The van der Waals surface area contributed by atoms with E-state index in [0.717, 1.165) is 0 Å². The van der Waals surface area contributed by atoms with Crippen LogP contribution in [0.4, 0.5) is 0 Å². The third kappa shape index (κ3) is 1.45. The molecule has 0 aliphatic carbocycles. The Labute approximate surface area is 82.0 Å². The molecule has 0 radical (unpaired) electrons. The van der Waals surface area contributed by atoms with Crippen LogP contribution in [-0.4, -0.2) is 6.21 Å². The van der Waals surface area contributed by atoms with Gasteiger partial charge in [0.1, 0.15) is 0 Å². The molecule has 0 fully saturated rings. The third-order valence-corrected chi connectivity index (χ3v) is 3.18. The number of allylic oxidation sites excluding steroid dienone is 1. The van der Waals surface area contributed by atoms with Crippen LogP contribution in [0.15, 0.2) is 17.3 Å². The van der Waals surface area contributed by atoms with E-state index < -0.39 is 0 Å². The molecule has 74 valence electrons. The van der Waals surface area contributed by atoms with Gasteiger partial charge in [-0.2, -0.15) is 0 Å². The standard InChI is InChI=1S/C12H21N/c1-10(2,3)12(11(4,5)6)7-8-13-9-12/h7-9H,1-6H3. The van der Waals surface area contributed by atoms with Gasteiger partial charge in [0, 0.05) is 17.8 Å². The monoisotopic (exact) mass is 179 g/mol.